The van der Waals surface area contributed by atoms with Gasteiger partial charge in [0.15, 0.2) is 6.29 Å². The van der Waals surface area contributed by atoms with Crippen LogP contribution in [0, 0.1) is 12.3 Å². The molecule has 0 bridgehead atoms. The van der Waals surface area contributed by atoms with Crippen LogP contribution in [-0.4, -0.2) is 54.9 Å². The quantitative estimate of drug-likeness (QED) is 0.551. The molecule has 0 unspecified atom stereocenters. The number of aliphatic hydroxyl groups excluding tert-OH is 1. The fraction of sp³-hybridized carbons (Fsp3) is 0.400. The van der Waals surface area contributed by atoms with Crippen LogP contribution in [0.2, 0.25) is 0 Å². The second-order valence-corrected chi connectivity index (χ2v) is 7.53. The van der Waals surface area contributed by atoms with E-state index in [1.165, 1.54) is 6.92 Å². The monoisotopic (exact) mass is 439 g/mol. The van der Waals surface area contributed by atoms with Gasteiger partial charge in [-0.3, -0.25) is 4.79 Å². The Morgan fingerprint density at radius 2 is 1.66 bits per heavy atom. The second kappa shape index (κ2) is 12.3. The van der Waals surface area contributed by atoms with Crippen LogP contribution in [0.5, 0.6) is 0 Å². The molecule has 1 saturated heterocycles. The Hall–Kier alpha value is -2.73. The van der Waals surface area contributed by atoms with Crippen molar-refractivity contribution in [3.8, 4) is 12.3 Å². The van der Waals surface area contributed by atoms with E-state index in [9.17, 15) is 9.90 Å². The van der Waals surface area contributed by atoms with Crippen LogP contribution in [0.3, 0.4) is 0 Å². The maximum atomic E-state index is 11.8. The van der Waals surface area contributed by atoms with Crippen molar-refractivity contribution in [1.29, 1.82) is 0 Å². The molecule has 170 valence electrons. The normalized spacial score (nSPS) is 25.1. The fourth-order valence-electron chi connectivity index (χ4n) is 3.62. The first-order valence-corrected chi connectivity index (χ1v) is 10.5. The summed E-state index contributed by atoms with van der Waals surface area (Å²) < 4.78 is 23.6. The van der Waals surface area contributed by atoms with Gasteiger partial charge in [-0.2, -0.15) is 0 Å². The summed E-state index contributed by atoms with van der Waals surface area (Å²) in [7, 11) is 0. The van der Waals surface area contributed by atoms with E-state index >= 15 is 0 Å². The largest absolute Gasteiger partial charge is 0.374 e. The fourth-order valence-corrected chi connectivity index (χ4v) is 3.62. The Kier molecular flexibility index (Phi) is 9.23. The number of ether oxygens (including phenoxy) is 4. The zero-order valence-corrected chi connectivity index (χ0v) is 18.1. The zero-order valence-electron chi connectivity index (χ0n) is 18.1. The number of aliphatic hydroxyl groups is 1. The molecule has 1 fully saturated rings. The SMILES string of the molecule is C#CCO[C@H]1[C@H](OCc2ccccc2)[C@@H](NC(C)=O)[C@H](O)O[C@@H]1COCc1ccccc1. The van der Waals surface area contributed by atoms with Gasteiger partial charge >= 0.3 is 0 Å². The molecule has 0 radical (unpaired) electrons. The molecule has 7 heteroatoms. The Balaban J connectivity index is 1.74. The van der Waals surface area contributed by atoms with Crippen LogP contribution in [0.4, 0.5) is 0 Å². The van der Waals surface area contributed by atoms with Gasteiger partial charge in [-0.05, 0) is 11.1 Å². The number of rotatable bonds is 10. The molecular weight excluding hydrogens is 410 g/mol. The highest BCUT2D eigenvalue weighted by Crippen LogP contribution is 2.27. The number of hydrogen-bond acceptors (Lipinski definition) is 6. The molecule has 1 aliphatic rings. The van der Waals surface area contributed by atoms with Gasteiger partial charge in [0.1, 0.15) is 31.0 Å². The van der Waals surface area contributed by atoms with E-state index in [0.29, 0.717) is 6.61 Å². The smallest absolute Gasteiger partial charge is 0.217 e. The average Bonchev–Trinajstić information content (AvgIpc) is 2.80. The highest BCUT2D eigenvalue weighted by atomic mass is 16.7. The first-order chi connectivity index (χ1) is 15.6. The van der Waals surface area contributed by atoms with E-state index < -0.39 is 30.6 Å². The Morgan fingerprint density at radius 3 is 2.25 bits per heavy atom. The third kappa shape index (κ3) is 6.89. The topological polar surface area (TPSA) is 86.3 Å². The van der Waals surface area contributed by atoms with Crippen molar-refractivity contribution in [2.45, 2.75) is 50.8 Å². The first-order valence-electron chi connectivity index (χ1n) is 10.5. The number of hydrogen-bond donors (Lipinski definition) is 2. The van der Waals surface area contributed by atoms with E-state index in [-0.39, 0.29) is 25.7 Å². The maximum absolute atomic E-state index is 11.8. The minimum atomic E-state index is -1.30. The summed E-state index contributed by atoms with van der Waals surface area (Å²) in [4.78, 5) is 11.8. The van der Waals surface area contributed by atoms with Gasteiger partial charge in [-0.25, -0.2) is 0 Å². The second-order valence-electron chi connectivity index (χ2n) is 7.53. The Morgan fingerprint density at radius 1 is 1.03 bits per heavy atom. The number of carbonyl (C=O) groups is 1. The van der Waals surface area contributed by atoms with Crippen LogP contribution in [0.1, 0.15) is 18.1 Å². The van der Waals surface area contributed by atoms with Gasteiger partial charge in [-0.1, -0.05) is 66.6 Å². The lowest BCUT2D eigenvalue weighted by molar-refractivity contribution is -0.273. The molecule has 1 amide bonds. The third-order valence-electron chi connectivity index (χ3n) is 5.07. The van der Waals surface area contributed by atoms with Gasteiger partial charge in [-0.15, -0.1) is 6.42 Å². The van der Waals surface area contributed by atoms with Crippen molar-refractivity contribution in [2.75, 3.05) is 13.2 Å². The lowest BCUT2D eigenvalue weighted by atomic mass is 9.96. The van der Waals surface area contributed by atoms with E-state index in [1.807, 2.05) is 60.7 Å². The molecule has 1 aliphatic heterocycles. The van der Waals surface area contributed by atoms with Gasteiger partial charge in [0.25, 0.3) is 0 Å². The number of terminal acetylenes is 1. The molecule has 2 N–H and O–H groups in total. The molecule has 3 rings (SSSR count). The minimum absolute atomic E-state index is 0.0251. The van der Waals surface area contributed by atoms with Crippen molar-refractivity contribution in [2.24, 2.45) is 0 Å². The summed E-state index contributed by atoms with van der Waals surface area (Å²) in [6.45, 7) is 2.19. The van der Waals surface area contributed by atoms with Crippen molar-refractivity contribution >= 4 is 5.91 Å². The average molecular weight is 440 g/mol. The third-order valence-corrected chi connectivity index (χ3v) is 5.07. The van der Waals surface area contributed by atoms with Crippen molar-refractivity contribution in [3.63, 3.8) is 0 Å². The summed E-state index contributed by atoms with van der Waals surface area (Å²) >= 11 is 0. The standard InChI is InChI=1S/C25H29NO6/c1-3-14-30-23-21(17-29-15-19-10-6-4-7-11-19)32-25(28)22(26-18(2)27)24(23)31-16-20-12-8-5-9-13-20/h1,4-13,21-25,28H,14-17H2,2H3,(H,26,27)/t21-,22-,23-,24-,25-/m1/s1. The summed E-state index contributed by atoms with van der Waals surface area (Å²) in [5.74, 6) is 2.14. The molecule has 7 nitrogen and oxygen atoms in total. The summed E-state index contributed by atoms with van der Waals surface area (Å²) in [5, 5.41) is 13.4. The highest BCUT2D eigenvalue weighted by molar-refractivity contribution is 5.73. The van der Waals surface area contributed by atoms with E-state index in [2.05, 4.69) is 11.2 Å². The number of nitrogens with one attached hydrogen (secondary N) is 1. The van der Waals surface area contributed by atoms with Crippen molar-refractivity contribution in [1.82, 2.24) is 5.32 Å². The Bertz CT molecular complexity index is 869. The van der Waals surface area contributed by atoms with Crippen LogP contribution in [-0.2, 0) is 37.0 Å². The predicted octanol–water partition coefficient (Wildman–Crippen LogP) is 2.03. The van der Waals surface area contributed by atoms with E-state index in [4.69, 9.17) is 25.4 Å². The molecule has 0 aliphatic carbocycles. The molecule has 32 heavy (non-hydrogen) atoms. The zero-order chi connectivity index (χ0) is 22.8. The first kappa shape index (κ1) is 23.9. The molecule has 0 spiro atoms. The summed E-state index contributed by atoms with van der Waals surface area (Å²) in [6.07, 6.45) is 2.10. The summed E-state index contributed by atoms with van der Waals surface area (Å²) in [5.41, 5.74) is 1.96. The lowest BCUT2D eigenvalue weighted by Crippen LogP contribution is -2.65. The number of carbonyl (C=O) groups excluding carboxylic acids is 1. The Labute approximate surface area is 188 Å². The number of benzene rings is 2. The van der Waals surface area contributed by atoms with Crippen LogP contribution < -0.4 is 5.32 Å². The molecule has 5 atom stereocenters. The molecule has 2 aromatic rings. The maximum Gasteiger partial charge on any atom is 0.217 e. The van der Waals surface area contributed by atoms with Gasteiger partial charge < -0.3 is 29.4 Å². The molecule has 0 aromatic heterocycles. The van der Waals surface area contributed by atoms with Crippen LogP contribution in [0.25, 0.3) is 0 Å². The summed E-state index contributed by atoms with van der Waals surface area (Å²) in [6, 6.07) is 18.5. The molecule has 0 saturated carbocycles. The van der Waals surface area contributed by atoms with Gasteiger partial charge in [0.2, 0.25) is 5.91 Å². The van der Waals surface area contributed by atoms with Gasteiger partial charge in [0.05, 0.1) is 19.8 Å². The van der Waals surface area contributed by atoms with Crippen LogP contribution in [0.15, 0.2) is 60.7 Å². The lowest BCUT2D eigenvalue weighted by Gasteiger charge is -2.44. The number of amides is 1. The molecular formula is C25H29NO6. The van der Waals surface area contributed by atoms with Crippen molar-refractivity contribution in [3.05, 3.63) is 71.8 Å². The van der Waals surface area contributed by atoms with E-state index in [0.717, 1.165) is 11.1 Å². The molecule has 1 heterocycles. The predicted molar refractivity (Wildman–Crippen MR) is 118 cm³/mol. The van der Waals surface area contributed by atoms with Crippen LogP contribution >= 0.6 is 0 Å². The van der Waals surface area contributed by atoms with Gasteiger partial charge in [0, 0.05) is 6.92 Å². The minimum Gasteiger partial charge on any atom is -0.374 e. The van der Waals surface area contributed by atoms with Crippen molar-refractivity contribution < 1.29 is 28.8 Å². The van der Waals surface area contributed by atoms with E-state index in [1.54, 1.807) is 0 Å². The highest BCUT2D eigenvalue weighted by Gasteiger charge is 2.47. The molecule has 2 aromatic carbocycles.